The SMILES string of the molecule is COc1ccc(NC(=O)Cn2c3c(sc2=O)[C@H](c2cccs2)C2C(=O)N(c4ccccc4)C(=O)C2S3)cc1. The van der Waals surface area contributed by atoms with Gasteiger partial charge >= 0.3 is 4.87 Å². The van der Waals surface area contributed by atoms with Gasteiger partial charge in [-0.15, -0.1) is 11.3 Å². The Morgan fingerprint density at radius 1 is 0.974 bits per heavy atom. The minimum atomic E-state index is -0.702. The number of rotatable bonds is 6. The zero-order valence-corrected chi connectivity index (χ0v) is 22.5. The van der Waals surface area contributed by atoms with Crippen molar-refractivity contribution < 1.29 is 19.1 Å². The number of hydrogen-bond acceptors (Lipinski definition) is 8. The number of benzene rings is 2. The molecule has 2 aromatic heterocycles. The molecule has 1 saturated heterocycles. The van der Waals surface area contributed by atoms with E-state index in [1.54, 1.807) is 55.6 Å². The second kappa shape index (κ2) is 9.90. The third-order valence-corrected chi connectivity index (χ3v) is 10.1. The van der Waals surface area contributed by atoms with Gasteiger partial charge in [-0.1, -0.05) is 47.4 Å². The highest BCUT2D eigenvalue weighted by atomic mass is 32.2. The normalized spacial score (nSPS) is 20.2. The number of ether oxygens (including phenoxy) is 1. The Balaban J connectivity index is 1.36. The molecule has 2 aliphatic heterocycles. The molecule has 1 N–H and O–H groups in total. The van der Waals surface area contributed by atoms with Gasteiger partial charge in [0.1, 0.15) is 17.5 Å². The van der Waals surface area contributed by atoms with Crippen LogP contribution in [0.15, 0.2) is 81.9 Å². The number of imide groups is 1. The Morgan fingerprint density at radius 2 is 1.74 bits per heavy atom. The largest absolute Gasteiger partial charge is 0.497 e. The molecule has 0 spiro atoms. The first kappa shape index (κ1) is 24.7. The van der Waals surface area contributed by atoms with E-state index < -0.39 is 17.1 Å². The Hall–Kier alpha value is -3.67. The molecule has 0 radical (unpaired) electrons. The number of methoxy groups -OCH3 is 1. The maximum Gasteiger partial charge on any atom is 0.308 e. The van der Waals surface area contributed by atoms with Gasteiger partial charge in [0.25, 0.3) is 0 Å². The van der Waals surface area contributed by atoms with Crippen LogP contribution in [0.25, 0.3) is 0 Å². The fraction of sp³-hybridized carbons (Fsp3) is 0.185. The molecule has 11 heteroatoms. The van der Waals surface area contributed by atoms with Gasteiger partial charge in [-0.25, -0.2) is 4.90 Å². The monoisotopic (exact) mass is 563 g/mol. The number of thiophene rings is 1. The number of para-hydroxylation sites is 1. The maximum absolute atomic E-state index is 13.7. The van der Waals surface area contributed by atoms with E-state index in [0.717, 1.165) is 21.1 Å². The van der Waals surface area contributed by atoms with Gasteiger partial charge < -0.3 is 10.1 Å². The summed E-state index contributed by atoms with van der Waals surface area (Å²) in [5, 5.41) is 4.60. The Kier molecular flexibility index (Phi) is 6.42. The first-order valence-electron chi connectivity index (χ1n) is 11.8. The summed E-state index contributed by atoms with van der Waals surface area (Å²) in [7, 11) is 1.56. The Labute approximate surface area is 229 Å². The van der Waals surface area contributed by atoms with Crippen molar-refractivity contribution in [3.05, 3.63) is 91.5 Å². The lowest BCUT2D eigenvalue weighted by Crippen LogP contribution is -2.32. The molecule has 1 fully saturated rings. The van der Waals surface area contributed by atoms with Crippen LogP contribution in [0.4, 0.5) is 11.4 Å². The summed E-state index contributed by atoms with van der Waals surface area (Å²) in [4.78, 5) is 56.0. The highest BCUT2D eigenvalue weighted by Gasteiger charge is 2.57. The molecule has 0 bridgehead atoms. The van der Waals surface area contributed by atoms with Crippen LogP contribution in [-0.2, 0) is 20.9 Å². The van der Waals surface area contributed by atoms with Gasteiger partial charge in [0, 0.05) is 21.4 Å². The Bertz CT molecular complexity index is 1580. The van der Waals surface area contributed by atoms with E-state index >= 15 is 0 Å². The maximum atomic E-state index is 13.7. The topological polar surface area (TPSA) is 97.7 Å². The molecule has 2 unspecified atom stereocenters. The molecule has 38 heavy (non-hydrogen) atoms. The molecule has 4 aromatic rings. The zero-order valence-electron chi connectivity index (χ0n) is 20.0. The van der Waals surface area contributed by atoms with Crippen molar-refractivity contribution >= 4 is 63.5 Å². The Morgan fingerprint density at radius 3 is 2.42 bits per heavy atom. The fourth-order valence-corrected chi connectivity index (χ4v) is 8.60. The number of anilines is 2. The minimum Gasteiger partial charge on any atom is -0.497 e. The average Bonchev–Trinajstić information content (AvgIpc) is 3.62. The van der Waals surface area contributed by atoms with Gasteiger partial charge in [-0.05, 0) is 47.8 Å². The molecule has 6 rings (SSSR count). The number of carbonyl (C=O) groups is 3. The number of nitrogens with zero attached hydrogens (tertiary/aromatic N) is 2. The van der Waals surface area contributed by atoms with Gasteiger partial charge in [0.2, 0.25) is 17.7 Å². The number of hydrogen-bond donors (Lipinski definition) is 1. The fourth-order valence-electron chi connectivity index (χ4n) is 4.88. The lowest BCUT2D eigenvalue weighted by Gasteiger charge is -2.29. The van der Waals surface area contributed by atoms with Crippen LogP contribution >= 0.6 is 34.4 Å². The first-order chi connectivity index (χ1) is 18.5. The molecule has 0 saturated carbocycles. The van der Waals surface area contributed by atoms with Crippen molar-refractivity contribution in [2.24, 2.45) is 5.92 Å². The first-order valence-corrected chi connectivity index (χ1v) is 14.3. The number of nitrogens with one attached hydrogen (secondary N) is 1. The predicted molar refractivity (Wildman–Crippen MR) is 148 cm³/mol. The van der Waals surface area contributed by atoms with Crippen LogP contribution in [0.3, 0.4) is 0 Å². The van der Waals surface area contributed by atoms with Gasteiger partial charge in [-0.3, -0.25) is 23.7 Å². The van der Waals surface area contributed by atoms with Crippen molar-refractivity contribution in [1.82, 2.24) is 4.57 Å². The van der Waals surface area contributed by atoms with Crippen LogP contribution in [-0.4, -0.2) is 34.6 Å². The smallest absolute Gasteiger partial charge is 0.308 e. The number of carbonyl (C=O) groups excluding carboxylic acids is 3. The van der Waals surface area contributed by atoms with E-state index in [0.29, 0.717) is 22.2 Å². The van der Waals surface area contributed by atoms with Crippen molar-refractivity contribution in [1.29, 1.82) is 0 Å². The summed E-state index contributed by atoms with van der Waals surface area (Å²) in [6.45, 7) is -0.206. The average molecular weight is 564 g/mol. The summed E-state index contributed by atoms with van der Waals surface area (Å²) in [6.07, 6.45) is 0. The van der Waals surface area contributed by atoms with Crippen molar-refractivity contribution in [3.63, 3.8) is 0 Å². The van der Waals surface area contributed by atoms with Crippen LogP contribution in [0.5, 0.6) is 5.75 Å². The number of amides is 3. The molecule has 192 valence electrons. The minimum absolute atomic E-state index is 0.206. The van der Waals surface area contributed by atoms with E-state index in [-0.39, 0.29) is 29.1 Å². The zero-order chi connectivity index (χ0) is 26.4. The standard InChI is InChI=1S/C27H21N3O5S3/c1-35-17-11-9-15(10-12-17)28-19(31)14-29-26-23(38-27(29)34)20(18-8-5-13-36-18)21-22(37-26)25(33)30(24(21)32)16-6-3-2-4-7-16/h2-13,20-22H,14H2,1H3,(H,28,31)/t20-,21?,22?/m1/s1. The number of aromatic nitrogens is 1. The third kappa shape index (κ3) is 4.16. The number of thioether (sulfide) groups is 1. The quantitative estimate of drug-likeness (QED) is 0.349. The second-order valence-corrected chi connectivity index (χ2v) is 11.9. The number of thiazole rings is 1. The van der Waals surface area contributed by atoms with Crippen molar-refractivity contribution in [2.45, 2.75) is 22.7 Å². The molecule has 3 amide bonds. The van der Waals surface area contributed by atoms with Crippen LogP contribution in [0.1, 0.15) is 15.7 Å². The van der Waals surface area contributed by atoms with Gasteiger partial charge in [0.15, 0.2) is 0 Å². The molecule has 2 aromatic carbocycles. The lowest BCUT2D eigenvalue weighted by molar-refractivity contribution is -0.122. The molecular weight excluding hydrogens is 543 g/mol. The van der Waals surface area contributed by atoms with E-state index in [1.807, 2.05) is 23.6 Å². The summed E-state index contributed by atoms with van der Waals surface area (Å²) < 4.78 is 6.57. The lowest BCUT2D eigenvalue weighted by atomic mass is 9.87. The molecule has 4 heterocycles. The second-order valence-electron chi connectivity index (χ2n) is 8.80. The van der Waals surface area contributed by atoms with E-state index in [9.17, 15) is 19.2 Å². The van der Waals surface area contributed by atoms with Crippen molar-refractivity contribution in [3.8, 4) is 5.75 Å². The van der Waals surface area contributed by atoms with E-state index in [1.165, 1.54) is 32.6 Å². The van der Waals surface area contributed by atoms with Gasteiger partial charge in [-0.2, -0.15) is 0 Å². The summed E-state index contributed by atoms with van der Waals surface area (Å²) >= 11 is 3.74. The van der Waals surface area contributed by atoms with Crippen LogP contribution in [0, 0.1) is 5.92 Å². The van der Waals surface area contributed by atoms with E-state index in [2.05, 4.69) is 5.32 Å². The molecule has 3 atom stereocenters. The molecule has 8 nitrogen and oxygen atoms in total. The highest BCUT2D eigenvalue weighted by molar-refractivity contribution is 8.00. The number of fused-ring (bicyclic) bond motifs is 2. The molecule has 0 aliphatic carbocycles. The van der Waals surface area contributed by atoms with Crippen LogP contribution in [0.2, 0.25) is 0 Å². The third-order valence-electron chi connectivity index (χ3n) is 6.59. The predicted octanol–water partition coefficient (Wildman–Crippen LogP) is 4.41. The van der Waals surface area contributed by atoms with E-state index in [4.69, 9.17) is 4.74 Å². The molecule has 2 aliphatic rings. The highest BCUT2D eigenvalue weighted by Crippen LogP contribution is 2.54. The summed E-state index contributed by atoms with van der Waals surface area (Å²) in [5.74, 6) is -1.36. The van der Waals surface area contributed by atoms with Gasteiger partial charge in [0.05, 0.1) is 23.7 Å². The van der Waals surface area contributed by atoms with Crippen molar-refractivity contribution in [2.75, 3.05) is 17.3 Å². The molecular formula is C27H21N3O5S3. The van der Waals surface area contributed by atoms with Crippen LogP contribution < -0.4 is 19.8 Å². The summed E-state index contributed by atoms with van der Waals surface area (Å²) in [5.41, 5.74) is 1.11. The summed E-state index contributed by atoms with van der Waals surface area (Å²) in [6, 6.07) is 19.6.